The van der Waals surface area contributed by atoms with Crippen molar-refractivity contribution in [1.82, 2.24) is 0 Å². The highest BCUT2D eigenvalue weighted by Gasteiger charge is 1.94. The zero-order valence-electron chi connectivity index (χ0n) is 7.91. The van der Waals surface area contributed by atoms with Crippen LogP contribution in [0.4, 0.5) is 0 Å². The van der Waals surface area contributed by atoms with E-state index in [9.17, 15) is 10.2 Å². The molecule has 0 aliphatic heterocycles. The van der Waals surface area contributed by atoms with Crippen molar-refractivity contribution in [1.29, 1.82) is 0 Å². The molecule has 0 fully saturated rings. The number of hydrogen-bond acceptors (Lipinski definition) is 2. The second-order valence-electron chi connectivity index (χ2n) is 2.86. The van der Waals surface area contributed by atoms with Gasteiger partial charge >= 0.3 is 0 Å². The third-order valence-electron chi connectivity index (χ3n) is 1.99. The summed E-state index contributed by atoms with van der Waals surface area (Å²) in [4.78, 5) is 0. The predicted molar refractivity (Wildman–Crippen MR) is 53.8 cm³/mol. The molecule has 0 spiro atoms. The van der Waals surface area contributed by atoms with Crippen LogP contribution >= 0.6 is 0 Å². The Morgan fingerprint density at radius 3 is 2.69 bits per heavy atom. The summed E-state index contributed by atoms with van der Waals surface area (Å²) < 4.78 is 0. The van der Waals surface area contributed by atoms with E-state index in [1.807, 2.05) is 19.9 Å². The number of phenolic OH excluding ortho intramolecular Hbond substituents is 1. The van der Waals surface area contributed by atoms with Gasteiger partial charge in [0.15, 0.2) is 0 Å². The van der Waals surface area contributed by atoms with Crippen LogP contribution < -0.4 is 10.4 Å². The minimum atomic E-state index is 0.223. The molecule has 2 nitrogen and oxygen atoms in total. The summed E-state index contributed by atoms with van der Waals surface area (Å²) in [7, 11) is 0. The lowest BCUT2D eigenvalue weighted by molar-refractivity contribution is 0.472. The van der Waals surface area contributed by atoms with Gasteiger partial charge in [0.05, 0.1) is 5.76 Å². The van der Waals surface area contributed by atoms with E-state index in [4.69, 9.17) is 0 Å². The average molecular weight is 178 g/mol. The van der Waals surface area contributed by atoms with Crippen LogP contribution in [0.25, 0.3) is 11.8 Å². The van der Waals surface area contributed by atoms with E-state index in [0.29, 0.717) is 12.2 Å². The molecule has 0 aliphatic carbocycles. The Labute approximate surface area is 77.5 Å². The van der Waals surface area contributed by atoms with Gasteiger partial charge in [-0.15, -0.1) is 0 Å². The fraction of sp³-hybridized carbons (Fsp3) is 0.273. The topological polar surface area (TPSA) is 40.5 Å². The van der Waals surface area contributed by atoms with Gasteiger partial charge in [-0.3, -0.25) is 0 Å². The Morgan fingerprint density at radius 1 is 1.46 bits per heavy atom. The van der Waals surface area contributed by atoms with Gasteiger partial charge in [0.1, 0.15) is 5.75 Å². The Kier molecular flexibility index (Phi) is 2.96. The molecule has 0 bridgehead atoms. The van der Waals surface area contributed by atoms with E-state index in [-0.39, 0.29) is 5.75 Å². The van der Waals surface area contributed by atoms with E-state index in [1.54, 1.807) is 18.2 Å². The van der Waals surface area contributed by atoms with Crippen LogP contribution in [0.2, 0.25) is 0 Å². The summed E-state index contributed by atoms with van der Waals surface area (Å²) in [5.41, 5.74) is 0. The monoisotopic (exact) mass is 178 g/mol. The van der Waals surface area contributed by atoms with Gasteiger partial charge < -0.3 is 10.2 Å². The molecule has 2 heteroatoms. The molecule has 0 radical (unpaired) electrons. The number of phenols is 1. The maximum atomic E-state index is 9.55. The van der Waals surface area contributed by atoms with Crippen molar-refractivity contribution in [2.75, 3.05) is 0 Å². The minimum Gasteiger partial charge on any atom is -0.512 e. The van der Waals surface area contributed by atoms with Crippen LogP contribution in [0.5, 0.6) is 5.75 Å². The lowest BCUT2D eigenvalue weighted by Gasteiger charge is -1.96. The van der Waals surface area contributed by atoms with Gasteiger partial charge in [-0.25, -0.2) is 0 Å². The number of aliphatic hydroxyl groups is 1. The molecule has 1 aromatic carbocycles. The third kappa shape index (κ3) is 2.02. The van der Waals surface area contributed by atoms with Crippen molar-refractivity contribution in [3.8, 4) is 5.75 Å². The van der Waals surface area contributed by atoms with E-state index in [1.165, 1.54) is 0 Å². The third-order valence-corrected chi connectivity index (χ3v) is 1.99. The second kappa shape index (κ2) is 3.99. The maximum Gasteiger partial charge on any atom is 0.116 e. The normalized spacial score (nSPS) is 14.5. The van der Waals surface area contributed by atoms with Crippen molar-refractivity contribution in [3.63, 3.8) is 0 Å². The molecule has 1 rings (SSSR count). The zero-order chi connectivity index (χ0) is 9.84. The zero-order valence-corrected chi connectivity index (χ0v) is 7.91. The first kappa shape index (κ1) is 9.65. The van der Waals surface area contributed by atoms with Gasteiger partial charge in [-0.2, -0.15) is 0 Å². The average Bonchev–Trinajstić information content (AvgIpc) is 2.16. The summed E-state index contributed by atoms with van der Waals surface area (Å²) in [5, 5.41) is 20.4. The number of aromatic hydroxyl groups is 1. The molecule has 0 atom stereocenters. The van der Waals surface area contributed by atoms with Crippen molar-refractivity contribution < 1.29 is 10.2 Å². The molecule has 13 heavy (non-hydrogen) atoms. The van der Waals surface area contributed by atoms with Crippen LogP contribution in [0, 0.1) is 0 Å². The Morgan fingerprint density at radius 2 is 2.15 bits per heavy atom. The molecule has 70 valence electrons. The fourth-order valence-corrected chi connectivity index (χ4v) is 1.24. The molecule has 0 heterocycles. The lowest BCUT2D eigenvalue weighted by Crippen LogP contribution is -2.26. The van der Waals surface area contributed by atoms with Crippen molar-refractivity contribution >= 4 is 11.8 Å². The van der Waals surface area contributed by atoms with Gasteiger partial charge in [0.25, 0.3) is 0 Å². The number of aliphatic hydroxyl groups excluding tert-OH is 1. The maximum absolute atomic E-state index is 9.55. The highest BCUT2D eigenvalue weighted by atomic mass is 16.3. The van der Waals surface area contributed by atoms with Crippen molar-refractivity contribution in [3.05, 3.63) is 28.6 Å². The summed E-state index contributed by atoms with van der Waals surface area (Å²) >= 11 is 0. The molecule has 0 amide bonds. The van der Waals surface area contributed by atoms with Crippen LogP contribution in [-0.2, 0) is 0 Å². The molecule has 2 N–H and O–H groups in total. The van der Waals surface area contributed by atoms with Gasteiger partial charge in [0, 0.05) is 11.6 Å². The first-order valence-electron chi connectivity index (χ1n) is 4.36. The Hall–Kier alpha value is -1.44. The molecule has 0 aromatic heterocycles. The molecule has 1 aromatic rings. The minimum absolute atomic E-state index is 0.223. The van der Waals surface area contributed by atoms with Gasteiger partial charge in [-0.05, 0) is 30.3 Å². The standard InChI is InChI=1S/C11H14O2/c1-3-8-7-9(12)5-6-10(8)11(13)4-2/h3,5-7,12-13H,4H2,1-2H3/b8-3-,11-10+. The first-order chi connectivity index (χ1) is 6.19. The molecule has 0 aliphatic rings. The molecule has 0 saturated heterocycles. The van der Waals surface area contributed by atoms with Crippen LogP contribution in [0.1, 0.15) is 20.3 Å². The summed E-state index contributed by atoms with van der Waals surface area (Å²) in [5.74, 6) is 0.578. The SMILES string of the molecule is C/C=c1/cc(O)cc/c1=C(\O)CC. The lowest BCUT2D eigenvalue weighted by atomic mass is 10.2. The smallest absolute Gasteiger partial charge is 0.116 e. The Bertz CT molecular complexity index is 405. The van der Waals surface area contributed by atoms with E-state index in [2.05, 4.69) is 0 Å². The summed E-state index contributed by atoms with van der Waals surface area (Å²) in [6.45, 7) is 3.77. The predicted octanol–water partition coefficient (Wildman–Crippen LogP) is 1.27. The summed E-state index contributed by atoms with van der Waals surface area (Å²) in [6.07, 6.45) is 2.46. The quantitative estimate of drug-likeness (QED) is 0.680. The molecule has 0 unspecified atom stereocenters. The van der Waals surface area contributed by atoms with E-state index < -0.39 is 0 Å². The highest BCUT2D eigenvalue weighted by molar-refractivity contribution is 5.40. The van der Waals surface area contributed by atoms with Crippen LogP contribution in [0.15, 0.2) is 18.2 Å². The molecular weight excluding hydrogens is 164 g/mol. The Balaban J connectivity index is 3.58. The first-order valence-corrected chi connectivity index (χ1v) is 4.36. The number of hydrogen-bond donors (Lipinski definition) is 2. The van der Waals surface area contributed by atoms with E-state index in [0.717, 1.165) is 10.4 Å². The number of benzene rings is 1. The number of rotatable bonds is 1. The van der Waals surface area contributed by atoms with Crippen LogP contribution in [-0.4, -0.2) is 10.2 Å². The second-order valence-corrected chi connectivity index (χ2v) is 2.86. The molecular formula is C11H14O2. The largest absolute Gasteiger partial charge is 0.512 e. The highest BCUT2D eigenvalue weighted by Crippen LogP contribution is 1.99. The fourth-order valence-electron chi connectivity index (χ4n) is 1.24. The van der Waals surface area contributed by atoms with E-state index >= 15 is 0 Å². The summed E-state index contributed by atoms with van der Waals surface area (Å²) in [6, 6.07) is 4.94. The van der Waals surface area contributed by atoms with Crippen molar-refractivity contribution in [2.24, 2.45) is 0 Å². The van der Waals surface area contributed by atoms with Crippen molar-refractivity contribution in [2.45, 2.75) is 20.3 Å². The van der Waals surface area contributed by atoms with Gasteiger partial charge in [0.2, 0.25) is 0 Å². The molecule has 0 saturated carbocycles. The van der Waals surface area contributed by atoms with Crippen LogP contribution in [0.3, 0.4) is 0 Å². The van der Waals surface area contributed by atoms with Gasteiger partial charge in [-0.1, -0.05) is 13.0 Å².